The average molecular weight is 179 g/mol. The fourth-order valence-electron chi connectivity index (χ4n) is 0.678. The lowest BCUT2D eigenvalue weighted by Crippen LogP contribution is -2.28. The minimum atomic E-state index is -0.302. The Bertz CT molecular complexity index is 161. The number of carbonyl (C=O) groups is 1. The fourth-order valence-corrected chi connectivity index (χ4v) is 0.678. The number of carbonyl (C=O) groups excluding carboxylic acids is 1. The highest BCUT2D eigenvalue weighted by Gasteiger charge is 2.12. The van der Waals surface area contributed by atoms with E-state index in [1.165, 1.54) is 4.90 Å². The summed E-state index contributed by atoms with van der Waals surface area (Å²) in [5.74, 6) is 0. The van der Waals surface area contributed by atoms with Gasteiger partial charge in [-0.25, -0.2) is 4.79 Å². The fraction of sp³-hybridized carbons (Fsp3) is 0.500. The van der Waals surface area contributed by atoms with Gasteiger partial charge < -0.3 is 10.1 Å². The number of hydrogen-bond donors (Lipinski definition) is 1. The van der Waals surface area contributed by atoms with Crippen LogP contribution in [0.1, 0.15) is 6.92 Å². The molecule has 1 amide bonds. The van der Waals surface area contributed by atoms with E-state index in [1.807, 2.05) is 0 Å². The molecule has 1 heterocycles. The van der Waals surface area contributed by atoms with Crippen molar-refractivity contribution in [1.82, 2.24) is 10.2 Å². The highest BCUT2D eigenvalue weighted by Crippen LogP contribution is 1.97. The lowest BCUT2D eigenvalue weighted by atomic mass is 10.8. The van der Waals surface area contributed by atoms with Gasteiger partial charge in [-0.2, -0.15) is 0 Å². The Balaban J connectivity index is 0.000001000. The summed E-state index contributed by atoms with van der Waals surface area (Å²) >= 11 is 0. The number of ether oxygens (including phenoxy) is 1. The molecule has 4 nitrogen and oxygen atoms in total. The number of nitrogens with zero attached hydrogens (tertiary/aromatic N) is 1. The standard InChI is InChI=1S/C6H10N2O2.ClH/c1-2-10-6(9)8-4-3-7-5-8;/h3-4,7H,2,5H2,1H3;1H. The van der Waals surface area contributed by atoms with Gasteiger partial charge in [0, 0.05) is 12.4 Å². The van der Waals surface area contributed by atoms with Crippen LogP contribution in [0.5, 0.6) is 0 Å². The van der Waals surface area contributed by atoms with Crippen LogP contribution in [0.25, 0.3) is 0 Å². The molecule has 1 N–H and O–H groups in total. The molecule has 5 heteroatoms. The van der Waals surface area contributed by atoms with E-state index in [0.717, 1.165) is 0 Å². The second-order valence-corrected chi connectivity index (χ2v) is 1.85. The molecule has 0 fully saturated rings. The Hall–Kier alpha value is -0.900. The summed E-state index contributed by atoms with van der Waals surface area (Å²) in [4.78, 5) is 12.3. The topological polar surface area (TPSA) is 41.6 Å². The third-order valence-electron chi connectivity index (χ3n) is 1.14. The highest BCUT2D eigenvalue weighted by atomic mass is 35.5. The zero-order valence-corrected chi connectivity index (χ0v) is 7.06. The van der Waals surface area contributed by atoms with Crippen molar-refractivity contribution in [3.8, 4) is 0 Å². The van der Waals surface area contributed by atoms with Gasteiger partial charge in [0.05, 0.1) is 13.3 Å². The summed E-state index contributed by atoms with van der Waals surface area (Å²) in [6.45, 7) is 2.72. The molecule has 0 aromatic carbocycles. The number of rotatable bonds is 1. The molecule has 11 heavy (non-hydrogen) atoms. The van der Waals surface area contributed by atoms with Crippen LogP contribution >= 0.6 is 12.4 Å². The Kier molecular flexibility index (Phi) is 4.45. The summed E-state index contributed by atoms with van der Waals surface area (Å²) in [5.41, 5.74) is 0. The van der Waals surface area contributed by atoms with Crippen LogP contribution in [0.3, 0.4) is 0 Å². The maximum atomic E-state index is 10.9. The molecule has 0 bridgehead atoms. The van der Waals surface area contributed by atoms with Gasteiger partial charge >= 0.3 is 6.09 Å². The van der Waals surface area contributed by atoms with E-state index in [-0.39, 0.29) is 18.5 Å². The average Bonchev–Trinajstić information content (AvgIpc) is 2.38. The first-order chi connectivity index (χ1) is 4.84. The molecule has 1 aliphatic heterocycles. The normalized spacial score (nSPS) is 13.7. The molecule has 0 radical (unpaired) electrons. The van der Waals surface area contributed by atoms with E-state index < -0.39 is 0 Å². The van der Waals surface area contributed by atoms with Crippen LogP contribution in [0.2, 0.25) is 0 Å². The van der Waals surface area contributed by atoms with Gasteiger partial charge in [-0.1, -0.05) is 0 Å². The van der Waals surface area contributed by atoms with Crippen molar-refractivity contribution >= 4 is 18.5 Å². The first-order valence-corrected chi connectivity index (χ1v) is 3.18. The minimum Gasteiger partial charge on any atom is -0.449 e. The van der Waals surface area contributed by atoms with E-state index in [2.05, 4.69) is 5.32 Å². The Morgan fingerprint density at radius 1 is 1.82 bits per heavy atom. The van der Waals surface area contributed by atoms with Gasteiger partial charge in [0.15, 0.2) is 0 Å². The van der Waals surface area contributed by atoms with E-state index in [9.17, 15) is 4.79 Å². The predicted molar refractivity (Wildman–Crippen MR) is 43.3 cm³/mol. The van der Waals surface area contributed by atoms with Gasteiger partial charge in [0.1, 0.15) is 0 Å². The van der Waals surface area contributed by atoms with Gasteiger partial charge in [-0.05, 0) is 6.92 Å². The van der Waals surface area contributed by atoms with E-state index in [1.54, 1.807) is 19.3 Å². The van der Waals surface area contributed by atoms with Crippen LogP contribution in [0.15, 0.2) is 12.4 Å². The van der Waals surface area contributed by atoms with Crippen LogP contribution < -0.4 is 5.32 Å². The summed E-state index contributed by atoms with van der Waals surface area (Å²) in [7, 11) is 0. The molecule has 0 unspecified atom stereocenters. The summed E-state index contributed by atoms with van der Waals surface area (Å²) in [5, 5.41) is 2.86. The smallest absolute Gasteiger partial charge is 0.415 e. The first kappa shape index (κ1) is 10.1. The molecule has 0 aromatic rings. The van der Waals surface area contributed by atoms with Crippen molar-refractivity contribution in [3.05, 3.63) is 12.4 Å². The second kappa shape index (κ2) is 4.85. The maximum absolute atomic E-state index is 10.9. The number of hydrogen-bond acceptors (Lipinski definition) is 3. The SMILES string of the molecule is CCOC(=O)N1C=CNC1.Cl. The number of amides is 1. The first-order valence-electron chi connectivity index (χ1n) is 3.18. The quantitative estimate of drug-likeness (QED) is 0.649. The van der Waals surface area contributed by atoms with Crippen LogP contribution in [-0.2, 0) is 4.74 Å². The molecular formula is C6H11ClN2O2. The van der Waals surface area contributed by atoms with Gasteiger partial charge in [-0.15, -0.1) is 12.4 Å². The maximum Gasteiger partial charge on any atom is 0.415 e. The highest BCUT2D eigenvalue weighted by molar-refractivity contribution is 5.85. The molecule has 0 atom stereocenters. The van der Waals surface area contributed by atoms with Crippen LogP contribution in [0.4, 0.5) is 4.79 Å². The Morgan fingerprint density at radius 2 is 2.55 bits per heavy atom. The number of nitrogens with one attached hydrogen (secondary N) is 1. The van der Waals surface area contributed by atoms with Crippen LogP contribution in [-0.4, -0.2) is 24.3 Å². The summed E-state index contributed by atoms with van der Waals surface area (Å²) in [6.07, 6.45) is 3.05. The third kappa shape index (κ3) is 2.67. The molecule has 0 aliphatic carbocycles. The predicted octanol–water partition coefficient (Wildman–Crippen LogP) is 0.899. The van der Waals surface area contributed by atoms with Gasteiger partial charge in [0.2, 0.25) is 0 Å². The molecule has 1 rings (SSSR count). The zero-order valence-electron chi connectivity index (χ0n) is 6.24. The van der Waals surface area contributed by atoms with Crippen molar-refractivity contribution in [3.63, 3.8) is 0 Å². The number of halogens is 1. The molecular weight excluding hydrogens is 168 g/mol. The molecule has 1 aliphatic rings. The van der Waals surface area contributed by atoms with Crippen molar-refractivity contribution in [2.75, 3.05) is 13.3 Å². The van der Waals surface area contributed by atoms with E-state index in [0.29, 0.717) is 13.3 Å². The molecule has 0 spiro atoms. The molecule has 0 saturated heterocycles. The lowest BCUT2D eigenvalue weighted by Gasteiger charge is -2.10. The largest absolute Gasteiger partial charge is 0.449 e. The van der Waals surface area contributed by atoms with Crippen molar-refractivity contribution < 1.29 is 9.53 Å². The summed E-state index contributed by atoms with van der Waals surface area (Å²) < 4.78 is 4.72. The Morgan fingerprint density at radius 3 is 3.00 bits per heavy atom. The van der Waals surface area contributed by atoms with E-state index in [4.69, 9.17) is 4.74 Å². The van der Waals surface area contributed by atoms with Gasteiger partial charge in [0.25, 0.3) is 0 Å². The summed E-state index contributed by atoms with van der Waals surface area (Å²) in [6, 6.07) is 0. The molecule has 0 saturated carbocycles. The lowest BCUT2D eigenvalue weighted by molar-refractivity contribution is 0.124. The monoisotopic (exact) mass is 178 g/mol. The second-order valence-electron chi connectivity index (χ2n) is 1.85. The third-order valence-corrected chi connectivity index (χ3v) is 1.14. The van der Waals surface area contributed by atoms with Crippen molar-refractivity contribution in [2.45, 2.75) is 6.92 Å². The minimum absolute atomic E-state index is 0. The van der Waals surface area contributed by atoms with Crippen LogP contribution in [0, 0.1) is 0 Å². The zero-order chi connectivity index (χ0) is 7.40. The molecule has 64 valence electrons. The Labute approximate surface area is 71.6 Å². The van der Waals surface area contributed by atoms with Crippen molar-refractivity contribution in [1.29, 1.82) is 0 Å². The van der Waals surface area contributed by atoms with E-state index >= 15 is 0 Å². The van der Waals surface area contributed by atoms with Gasteiger partial charge in [-0.3, -0.25) is 4.90 Å². The molecule has 0 aromatic heterocycles. The van der Waals surface area contributed by atoms with Crippen molar-refractivity contribution in [2.24, 2.45) is 0 Å².